The lowest BCUT2D eigenvalue weighted by molar-refractivity contribution is 0.0622. The van der Waals surface area contributed by atoms with E-state index in [0.717, 1.165) is 6.54 Å². The number of para-hydroxylation sites is 2. The first-order valence-electron chi connectivity index (χ1n) is 8.67. The van der Waals surface area contributed by atoms with Gasteiger partial charge in [0.25, 0.3) is 5.91 Å². The van der Waals surface area contributed by atoms with Crippen molar-refractivity contribution in [3.8, 4) is 16.6 Å². The van der Waals surface area contributed by atoms with E-state index in [1.54, 1.807) is 7.11 Å². The molecule has 1 aromatic heterocycles. The van der Waals surface area contributed by atoms with E-state index in [9.17, 15) is 4.79 Å². The Kier molecular flexibility index (Phi) is 4.63. The number of nitrogens with one attached hydrogen (secondary N) is 1. The van der Waals surface area contributed by atoms with E-state index >= 15 is 0 Å². The van der Waals surface area contributed by atoms with Gasteiger partial charge in [-0.3, -0.25) is 4.79 Å². The van der Waals surface area contributed by atoms with E-state index in [-0.39, 0.29) is 11.9 Å². The number of hydrogen-bond donors (Lipinski definition) is 1. The zero-order valence-corrected chi connectivity index (χ0v) is 15.1. The number of benzene rings is 1. The summed E-state index contributed by atoms with van der Waals surface area (Å²) in [4.78, 5) is 15.7. The highest BCUT2D eigenvalue weighted by Gasteiger charge is 2.35. The van der Waals surface area contributed by atoms with Gasteiger partial charge in [0.1, 0.15) is 0 Å². The molecular formula is C19H22N2O3S. The standard InChI is InChI=1S/C19H22N2O3S/c1-23-15-4-2-3-5-16(15)24-18-7-6-17(25-18)19(22)20-14-12-21-10-8-13(14)9-11-21/h2-7,13-14H,8-12H2,1H3,(H,20,22). The van der Waals surface area contributed by atoms with Gasteiger partial charge in [0.15, 0.2) is 16.6 Å². The Morgan fingerprint density at radius 1 is 1.16 bits per heavy atom. The van der Waals surface area contributed by atoms with E-state index in [0.29, 0.717) is 27.4 Å². The molecule has 6 heteroatoms. The van der Waals surface area contributed by atoms with Crippen molar-refractivity contribution >= 4 is 17.2 Å². The van der Waals surface area contributed by atoms with Gasteiger partial charge >= 0.3 is 0 Å². The molecule has 5 nitrogen and oxygen atoms in total. The summed E-state index contributed by atoms with van der Waals surface area (Å²) in [5.74, 6) is 1.95. The van der Waals surface area contributed by atoms with Crippen molar-refractivity contribution in [2.24, 2.45) is 5.92 Å². The molecule has 0 spiro atoms. The number of nitrogens with zero attached hydrogens (tertiary/aromatic N) is 1. The number of ether oxygens (including phenoxy) is 2. The summed E-state index contributed by atoms with van der Waals surface area (Å²) in [5, 5.41) is 3.90. The minimum atomic E-state index is -0.00127. The normalized spacial score (nSPS) is 24.8. The molecule has 2 bridgehead atoms. The summed E-state index contributed by atoms with van der Waals surface area (Å²) < 4.78 is 11.2. The molecule has 3 fully saturated rings. The fourth-order valence-electron chi connectivity index (χ4n) is 3.68. The fraction of sp³-hybridized carbons (Fsp3) is 0.421. The molecule has 0 radical (unpaired) electrons. The van der Waals surface area contributed by atoms with E-state index in [1.165, 1.54) is 37.3 Å². The minimum Gasteiger partial charge on any atom is -0.493 e. The summed E-state index contributed by atoms with van der Waals surface area (Å²) >= 11 is 1.36. The molecule has 3 saturated heterocycles. The van der Waals surface area contributed by atoms with Crippen LogP contribution in [-0.2, 0) is 0 Å². The first-order chi connectivity index (χ1) is 12.2. The van der Waals surface area contributed by atoms with Gasteiger partial charge in [0, 0.05) is 12.6 Å². The summed E-state index contributed by atoms with van der Waals surface area (Å²) in [7, 11) is 1.61. The fourth-order valence-corrected chi connectivity index (χ4v) is 4.45. The van der Waals surface area contributed by atoms with Gasteiger partial charge < -0.3 is 19.7 Å². The number of rotatable bonds is 5. The number of methoxy groups -OCH3 is 1. The number of piperidine rings is 3. The molecule has 3 aliphatic rings. The second kappa shape index (κ2) is 7.06. The van der Waals surface area contributed by atoms with Gasteiger partial charge in [-0.1, -0.05) is 23.5 Å². The predicted molar refractivity (Wildman–Crippen MR) is 97.8 cm³/mol. The van der Waals surface area contributed by atoms with Crippen molar-refractivity contribution in [2.45, 2.75) is 18.9 Å². The molecule has 1 N–H and O–H groups in total. The van der Waals surface area contributed by atoms with Crippen molar-refractivity contribution in [1.29, 1.82) is 0 Å². The number of carbonyl (C=O) groups excluding carboxylic acids is 1. The number of thiophene rings is 1. The topological polar surface area (TPSA) is 50.8 Å². The Morgan fingerprint density at radius 2 is 1.92 bits per heavy atom. The minimum absolute atomic E-state index is 0.00127. The van der Waals surface area contributed by atoms with Crippen LogP contribution in [0.3, 0.4) is 0 Å². The van der Waals surface area contributed by atoms with Crippen molar-refractivity contribution < 1.29 is 14.3 Å². The Hall–Kier alpha value is -2.05. The molecule has 1 aromatic carbocycles. The molecule has 1 amide bonds. The summed E-state index contributed by atoms with van der Waals surface area (Å²) in [6.45, 7) is 3.33. The third kappa shape index (κ3) is 3.50. The van der Waals surface area contributed by atoms with Crippen LogP contribution in [-0.4, -0.2) is 43.6 Å². The first-order valence-corrected chi connectivity index (χ1v) is 9.48. The van der Waals surface area contributed by atoms with Crippen molar-refractivity contribution in [3.05, 3.63) is 41.3 Å². The van der Waals surface area contributed by atoms with Crippen LogP contribution in [0.4, 0.5) is 0 Å². The number of fused-ring (bicyclic) bond motifs is 3. The molecule has 25 heavy (non-hydrogen) atoms. The van der Waals surface area contributed by atoms with Crippen LogP contribution in [0.25, 0.3) is 0 Å². The number of hydrogen-bond acceptors (Lipinski definition) is 5. The molecular weight excluding hydrogens is 336 g/mol. The van der Waals surface area contributed by atoms with E-state index in [4.69, 9.17) is 9.47 Å². The number of amides is 1. The molecule has 0 saturated carbocycles. The average molecular weight is 358 g/mol. The molecule has 2 aromatic rings. The average Bonchev–Trinajstić information content (AvgIpc) is 3.12. The lowest BCUT2D eigenvalue weighted by Gasteiger charge is -2.44. The van der Waals surface area contributed by atoms with Crippen LogP contribution in [0.2, 0.25) is 0 Å². The number of carbonyl (C=O) groups is 1. The van der Waals surface area contributed by atoms with Gasteiger partial charge in [0.05, 0.1) is 12.0 Å². The smallest absolute Gasteiger partial charge is 0.261 e. The highest BCUT2D eigenvalue weighted by Crippen LogP contribution is 2.35. The molecule has 0 aliphatic carbocycles. The maximum Gasteiger partial charge on any atom is 0.261 e. The zero-order chi connectivity index (χ0) is 17.2. The lowest BCUT2D eigenvalue weighted by atomic mass is 9.84. The predicted octanol–water partition coefficient (Wildman–Crippen LogP) is 3.37. The summed E-state index contributed by atoms with van der Waals surface area (Å²) in [5.41, 5.74) is 0. The van der Waals surface area contributed by atoms with Crippen molar-refractivity contribution in [1.82, 2.24) is 10.2 Å². The first kappa shape index (κ1) is 16.4. The van der Waals surface area contributed by atoms with Gasteiger partial charge in [-0.2, -0.15) is 0 Å². The Morgan fingerprint density at radius 3 is 2.60 bits per heavy atom. The van der Waals surface area contributed by atoms with Crippen molar-refractivity contribution in [2.75, 3.05) is 26.7 Å². The third-order valence-electron chi connectivity index (χ3n) is 5.06. The Labute approximate surface area is 151 Å². The van der Waals surface area contributed by atoms with Gasteiger partial charge in [-0.05, 0) is 56.1 Å². The Balaban J connectivity index is 1.41. The van der Waals surface area contributed by atoms with E-state index in [2.05, 4.69) is 10.2 Å². The van der Waals surface area contributed by atoms with Gasteiger partial charge in [-0.25, -0.2) is 0 Å². The second-order valence-corrected chi connectivity index (χ2v) is 7.64. The van der Waals surface area contributed by atoms with Gasteiger partial charge in [0.2, 0.25) is 0 Å². The molecule has 4 heterocycles. The maximum atomic E-state index is 12.6. The highest BCUT2D eigenvalue weighted by atomic mass is 32.1. The SMILES string of the molecule is COc1ccccc1Oc1ccc(C(=O)NC2CN3CCC2CC3)s1. The van der Waals surface area contributed by atoms with Crippen LogP contribution in [0, 0.1) is 5.92 Å². The van der Waals surface area contributed by atoms with Crippen LogP contribution in [0.5, 0.6) is 16.6 Å². The van der Waals surface area contributed by atoms with Crippen LogP contribution < -0.4 is 14.8 Å². The molecule has 3 aliphatic heterocycles. The van der Waals surface area contributed by atoms with E-state index < -0.39 is 0 Å². The zero-order valence-electron chi connectivity index (χ0n) is 14.2. The van der Waals surface area contributed by atoms with Gasteiger partial charge in [-0.15, -0.1) is 0 Å². The largest absolute Gasteiger partial charge is 0.493 e. The quantitative estimate of drug-likeness (QED) is 0.890. The molecule has 5 rings (SSSR count). The highest BCUT2D eigenvalue weighted by molar-refractivity contribution is 7.15. The monoisotopic (exact) mass is 358 g/mol. The molecule has 1 unspecified atom stereocenters. The van der Waals surface area contributed by atoms with Crippen molar-refractivity contribution in [3.63, 3.8) is 0 Å². The van der Waals surface area contributed by atoms with Crippen LogP contribution in [0.15, 0.2) is 36.4 Å². The third-order valence-corrected chi connectivity index (χ3v) is 6.02. The van der Waals surface area contributed by atoms with E-state index in [1.807, 2.05) is 36.4 Å². The lowest BCUT2D eigenvalue weighted by Crippen LogP contribution is -2.57. The maximum absolute atomic E-state index is 12.6. The summed E-state index contributed by atoms with van der Waals surface area (Å²) in [6.07, 6.45) is 2.38. The van der Waals surface area contributed by atoms with Crippen LogP contribution in [0.1, 0.15) is 22.5 Å². The molecule has 132 valence electrons. The second-order valence-electron chi connectivity index (χ2n) is 6.59. The summed E-state index contributed by atoms with van der Waals surface area (Å²) in [6, 6.07) is 11.4. The van der Waals surface area contributed by atoms with Crippen LogP contribution >= 0.6 is 11.3 Å². The molecule has 1 atom stereocenters. The Bertz CT molecular complexity index is 753.